The fraction of sp³-hybridized carbons (Fsp3) is 0.906. The number of hydrogen-bond donors (Lipinski definition) is 0. The van der Waals surface area contributed by atoms with E-state index in [-0.39, 0.29) is 36.2 Å². The van der Waals surface area contributed by atoms with Crippen molar-refractivity contribution in [3.63, 3.8) is 0 Å². The molecule has 0 saturated heterocycles. The number of carbonyl (C=O) groups is 3. The molecule has 0 spiro atoms. The first-order valence-corrected chi connectivity index (χ1v) is 32.4. The molecule has 0 unspecified atom stereocenters. The average Bonchev–Trinajstić information content (AvgIpc) is 3.01. The van der Waals surface area contributed by atoms with Crippen LogP contribution in [0.25, 0.3) is 0 Å². The van der Waals surface area contributed by atoms with E-state index in [1.807, 2.05) is 0 Å². The van der Waals surface area contributed by atoms with E-state index in [1.165, 1.54) is 44.9 Å². The van der Waals surface area contributed by atoms with Gasteiger partial charge in [-0.15, -0.1) is 0 Å². The van der Waals surface area contributed by atoms with Crippen LogP contribution in [0.4, 0.5) is 0 Å². The van der Waals surface area contributed by atoms with E-state index >= 15 is 0 Å². The van der Waals surface area contributed by atoms with Gasteiger partial charge in [0.2, 0.25) is 0 Å². The van der Waals surface area contributed by atoms with Crippen LogP contribution in [0.1, 0.15) is 142 Å². The average molecular weight is 752 g/mol. The zero-order valence-electron chi connectivity index (χ0n) is 26.1. The summed E-state index contributed by atoms with van der Waals surface area (Å²) in [5.41, 5.74) is 0. The quantitative estimate of drug-likeness (QED) is 0.0556. The summed E-state index contributed by atoms with van der Waals surface area (Å²) >= 11 is -3.37. The molecule has 0 aromatic rings. The van der Waals surface area contributed by atoms with Crippen molar-refractivity contribution in [1.82, 2.24) is 0 Å². The van der Waals surface area contributed by atoms with Crippen molar-refractivity contribution in [1.29, 1.82) is 0 Å². The third-order valence-corrected chi connectivity index (χ3v) is 47.2. The van der Waals surface area contributed by atoms with Crippen LogP contribution >= 0.6 is 26.8 Å². The molecular formula is C32H56O6S3Sn. The number of rotatable bonds is 19. The van der Waals surface area contributed by atoms with Crippen molar-refractivity contribution < 1.29 is 28.6 Å². The molecular weight excluding hydrogens is 695 g/mol. The third kappa shape index (κ3) is 15.5. The van der Waals surface area contributed by atoms with Gasteiger partial charge in [0, 0.05) is 0 Å². The van der Waals surface area contributed by atoms with Crippen molar-refractivity contribution in [2.45, 2.75) is 165 Å². The predicted octanol–water partition coefficient (Wildman–Crippen LogP) is 9.11. The molecule has 0 atom stereocenters. The summed E-state index contributed by atoms with van der Waals surface area (Å²) in [5.74, 6) is 0.554. The summed E-state index contributed by atoms with van der Waals surface area (Å²) in [7, 11) is 5.27. The van der Waals surface area contributed by atoms with Crippen molar-refractivity contribution in [3.05, 3.63) is 0 Å². The van der Waals surface area contributed by atoms with E-state index in [0.717, 1.165) is 94.3 Å². The Bertz CT molecular complexity index is 694. The van der Waals surface area contributed by atoms with Crippen LogP contribution in [0.5, 0.6) is 0 Å². The summed E-state index contributed by atoms with van der Waals surface area (Å²) in [6.07, 6.45) is 23.6. The van der Waals surface area contributed by atoms with E-state index in [2.05, 4.69) is 6.92 Å². The maximum absolute atomic E-state index is 13.0. The number of unbranched alkanes of at least 4 members (excludes halogenated alkanes) is 5. The van der Waals surface area contributed by atoms with Crippen LogP contribution in [-0.4, -0.2) is 67.7 Å². The van der Waals surface area contributed by atoms with Crippen LogP contribution in [0.2, 0.25) is 4.44 Å². The normalized spacial score (nSPS) is 19.4. The van der Waals surface area contributed by atoms with Gasteiger partial charge in [0.1, 0.15) is 0 Å². The van der Waals surface area contributed by atoms with E-state index in [1.54, 1.807) is 26.8 Å². The van der Waals surface area contributed by atoms with Crippen LogP contribution in [0.15, 0.2) is 0 Å². The second-order valence-corrected chi connectivity index (χ2v) is 46.0. The Morgan fingerprint density at radius 3 is 1.21 bits per heavy atom. The number of hydrogen-bond acceptors (Lipinski definition) is 9. The summed E-state index contributed by atoms with van der Waals surface area (Å²) in [4.78, 5) is 39.0. The van der Waals surface area contributed by atoms with Crippen molar-refractivity contribution in [3.8, 4) is 0 Å². The van der Waals surface area contributed by atoms with Gasteiger partial charge in [-0.2, -0.15) is 0 Å². The van der Waals surface area contributed by atoms with Gasteiger partial charge >= 0.3 is 269 Å². The topological polar surface area (TPSA) is 78.9 Å². The van der Waals surface area contributed by atoms with Gasteiger partial charge in [0.25, 0.3) is 0 Å². The Labute approximate surface area is 267 Å². The molecule has 242 valence electrons. The van der Waals surface area contributed by atoms with E-state index in [4.69, 9.17) is 14.2 Å². The third-order valence-electron chi connectivity index (χ3n) is 8.62. The SMILES string of the molecule is CCCCCCC[CH2][Sn]([S]CC(=O)OC1CCCCC1)([S]CC(=O)OC1CCCCC1)[S]CC(=O)OC1CCCCC1. The van der Waals surface area contributed by atoms with Gasteiger partial charge in [-0.05, 0) is 0 Å². The van der Waals surface area contributed by atoms with E-state index in [9.17, 15) is 14.4 Å². The maximum atomic E-state index is 13.0. The molecule has 0 bridgehead atoms. The molecule has 6 nitrogen and oxygen atoms in total. The summed E-state index contributed by atoms with van der Waals surface area (Å²) < 4.78 is 18.7. The Hall–Kier alpha value is 0.259. The Morgan fingerprint density at radius 1 is 0.524 bits per heavy atom. The fourth-order valence-corrected chi connectivity index (χ4v) is 39.6. The molecule has 3 fully saturated rings. The molecule has 42 heavy (non-hydrogen) atoms. The molecule has 3 aliphatic carbocycles. The second kappa shape index (κ2) is 21.9. The van der Waals surface area contributed by atoms with Crippen LogP contribution in [0.3, 0.4) is 0 Å². The Morgan fingerprint density at radius 2 is 0.857 bits per heavy atom. The molecule has 0 aromatic heterocycles. The minimum absolute atomic E-state index is 0.0475. The Kier molecular flexibility index (Phi) is 19.1. The summed E-state index contributed by atoms with van der Waals surface area (Å²) in [6.45, 7) is 2.23. The van der Waals surface area contributed by atoms with Gasteiger partial charge in [-0.3, -0.25) is 0 Å². The van der Waals surface area contributed by atoms with Gasteiger partial charge in [0.15, 0.2) is 0 Å². The zero-order chi connectivity index (χ0) is 29.9. The molecule has 0 heterocycles. The van der Waals surface area contributed by atoms with Gasteiger partial charge in [-0.25, -0.2) is 0 Å². The fourth-order valence-electron chi connectivity index (χ4n) is 6.18. The first-order chi connectivity index (χ1) is 20.5. The van der Waals surface area contributed by atoms with Gasteiger partial charge in [-0.1, -0.05) is 0 Å². The molecule has 0 radical (unpaired) electrons. The second-order valence-electron chi connectivity index (χ2n) is 12.3. The molecule has 0 aliphatic heterocycles. The standard InChI is InChI=1S/3C8H14O2S.C8H17.Sn/c3*9-8(6-11)10-7-4-2-1-3-5-7;1-3-5-7-8-6-4-2;/h3*7,11H,1-6H2;1,3-8H2,2H3;/q;;;;+3/p-3. The van der Waals surface area contributed by atoms with Crippen LogP contribution < -0.4 is 0 Å². The molecule has 10 heteroatoms. The van der Waals surface area contributed by atoms with Crippen LogP contribution in [-0.2, 0) is 28.6 Å². The van der Waals surface area contributed by atoms with Crippen molar-refractivity contribution >= 4 is 59.0 Å². The van der Waals surface area contributed by atoms with Crippen LogP contribution in [0, 0.1) is 0 Å². The Balaban J connectivity index is 1.63. The molecule has 3 aliphatic rings. The van der Waals surface area contributed by atoms with Crippen molar-refractivity contribution in [2.24, 2.45) is 0 Å². The summed E-state index contributed by atoms with van der Waals surface area (Å²) in [5, 5.41) is 0. The predicted molar refractivity (Wildman–Crippen MR) is 180 cm³/mol. The minimum atomic E-state index is -3.37. The number of esters is 3. The van der Waals surface area contributed by atoms with Crippen molar-refractivity contribution in [2.75, 3.05) is 17.3 Å². The monoisotopic (exact) mass is 752 g/mol. The molecule has 3 saturated carbocycles. The summed E-state index contributed by atoms with van der Waals surface area (Å²) in [6, 6.07) is 0. The first-order valence-electron chi connectivity index (χ1n) is 17.0. The number of carbonyl (C=O) groups excluding carboxylic acids is 3. The molecule has 0 N–H and O–H groups in total. The number of ether oxygens (including phenoxy) is 3. The molecule has 0 aromatic carbocycles. The first kappa shape index (κ1) is 36.7. The molecule has 0 amide bonds. The van der Waals surface area contributed by atoms with E-state index in [0.29, 0.717) is 17.3 Å². The molecule has 3 rings (SSSR count). The van der Waals surface area contributed by atoms with Gasteiger partial charge < -0.3 is 0 Å². The van der Waals surface area contributed by atoms with Gasteiger partial charge in [0.05, 0.1) is 0 Å². The van der Waals surface area contributed by atoms with E-state index < -0.39 is 14.2 Å². The zero-order valence-corrected chi connectivity index (χ0v) is 31.4.